The summed E-state index contributed by atoms with van der Waals surface area (Å²) < 4.78 is 0. The smallest absolute Gasteiger partial charge is 0.251 e. The SMILES string of the molecule is CNC(=O)c1ccc2cc(C(O)Cc3c[nH]cn3)ccc2c1. The quantitative estimate of drug-likeness (QED) is 0.690. The minimum Gasteiger partial charge on any atom is -0.388 e. The second-order valence-electron chi connectivity index (χ2n) is 5.18. The van der Waals surface area contributed by atoms with Crippen molar-refractivity contribution in [1.29, 1.82) is 0 Å². The number of fused-ring (bicyclic) bond motifs is 1. The van der Waals surface area contributed by atoms with Crippen molar-refractivity contribution in [2.45, 2.75) is 12.5 Å². The van der Waals surface area contributed by atoms with Crippen LogP contribution < -0.4 is 5.32 Å². The summed E-state index contributed by atoms with van der Waals surface area (Å²) in [7, 11) is 1.61. The lowest BCUT2D eigenvalue weighted by Gasteiger charge is -2.11. The number of rotatable bonds is 4. The summed E-state index contributed by atoms with van der Waals surface area (Å²) in [5.41, 5.74) is 2.28. The summed E-state index contributed by atoms with van der Waals surface area (Å²) in [6, 6.07) is 11.3. The summed E-state index contributed by atoms with van der Waals surface area (Å²) in [5.74, 6) is -0.107. The highest BCUT2D eigenvalue weighted by atomic mass is 16.3. The predicted octanol–water partition coefficient (Wildman–Crippen LogP) is 2.20. The second-order valence-corrected chi connectivity index (χ2v) is 5.18. The standard InChI is InChI=1S/C17H17N3O2/c1-18-17(22)14-5-3-11-6-13(4-2-12(11)7-14)16(21)8-15-9-19-10-20-15/h2-7,9-10,16,21H,8H2,1H3,(H,18,22)(H,19,20). The normalized spacial score (nSPS) is 12.3. The molecule has 1 heterocycles. The monoisotopic (exact) mass is 295 g/mol. The molecule has 0 aliphatic rings. The van der Waals surface area contributed by atoms with E-state index in [1.54, 1.807) is 25.6 Å². The Balaban J connectivity index is 1.88. The van der Waals surface area contributed by atoms with Gasteiger partial charge in [-0.05, 0) is 34.5 Å². The number of nitrogens with zero attached hydrogens (tertiary/aromatic N) is 1. The molecule has 22 heavy (non-hydrogen) atoms. The first kappa shape index (κ1) is 14.3. The third kappa shape index (κ3) is 2.84. The summed E-state index contributed by atoms with van der Waals surface area (Å²) in [5, 5.41) is 14.9. The number of aromatic amines is 1. The molecular formula is C17H17N3O2. The van der Waals surface area contributed by atoms with Gasteiger partial charge < -0.3 is 15.4 Å². The molecule has 0 spiro atoms. The first-order valence-corrected chi connectivity index (χ1v) is 7.09. The Morgan fingerprint density at radius 2 is 2.05 bits per heavy atom. The van der Waals surface area contributed by atoms with Crippen LogP contribution in [-0.2, 0) is 6.42 Å². The number of benzene rings is 2. The van der Waals surface area contributed by atoms with Gasteiger partial charge in [-0.15, -0.1) is 0 Å². The maximum Gasteiger partial charge on any atom is 0.251 e. The van der Waals surface area contributed by atoms with Gasteiger partial charge in [-0.1, -0.05) is 18.2 Å². The summed E-state index contributed by atoms with van der Waals surface area (Å²) in [6.07, 6.45) is 3.24. The van der Waals surface area contributed by atoms with E-state index in [2.05, 4.69) is 15.3 Å². The van der Waals surface area contributed by atoms with Gasteiger partial charge in [0.25, 0.3) is 5.91 Å². The number of aliphatic hydroxyl groups excluding tert-OH is 1. The predicted molar refractivity (Wildman–Crippen MR) is 84.6 cm³/mol. The van der Waals surface area contributed by atoms with Gasteiger partial charge in [0.1, 0.15) is 0 Å². The third-order valence-corrected chi connectivity index (χ3v) is 3.70. The minimum absolute atomic E-state index is 0.107. The lowest BCUT2D eigenvalue weighted by Crippen LogP contribution is -2.17. The molecule has 0 bridgehead atoms. The van der Waals surface area contributed by atoms with E-state index in [9.17, 15) is 9.90 Å². The lowest BCUT2D eigenvalue weighted by molar-refractivity contribution is 0.0963. The number of aromatic nitrogens is 2. The van der Waals surface area contributed by atoms with E-state index in [0.29, 0.717) is 12.0 Å². The van der Waals surface area contributed by atoms with Gasteiger partial charge in [0.2, 0.25) is 0 Å². The molecule has 0 radical (unpaired) electrons. The molecule has 1 unspecified atom stereocenters. The zero-order valence-electron chi connectivity index (χ0n) is 12.2. The van der Waals surface area contributed by atoms with E-state index >= 15 is 0 Å². The maximum atomic E-state index is 11.6. The Morgan fingerprint density at radius 3 is 2.77 bits per heavy atom. The average Bonchev–Trinajstić information content (AvgIpc) is 3.06. The van der Waals surface area contributed by atoms with Crippen molar-refractivity contribution in [2.24, 2.45) is 0 Å². The summed E-state index contributed by atoms with van der Waals surface area (Å²) in [4.78, 5) is 18.7. The van der Waals surface area contributed by atoms with Crippen LogP contribution in [0, 0.1) is 0 Å². The van der Waals surface area contributed by atoms with Crippen molar-refractivity contribution in [2.75, 3.05) is 7.05 Å². The summed E-state index contributed by atoms with van der Waals surface area (Å²) in [6.45, 7) is 0. The molecule has 5 heteroatoms. The van der Waals surface area contributed by atoms with Crippen LogP contribution >= 0.6 is 0 Å². The molecule has 112 valence electrons. The Bertz CT molecular complexity index is 797. The highest BCUT2D eigenvalue weighted by molar-refractivity contribution is 5.98. The van der Waals surface area contributed by atoms with Crippen molar-refractivity contribution in [3.05, 3.63) is 65.7 Å². The van der Waals surface area contributed by atoms with E-state index in [1.807, 2.05) is 30.3 Å². The van der Waals surface area contributed by atoms with Crippen LogP contribution in [0.3, 0.4) is 0 Å². The van der Waals surface area contributed by atoms with Crippen molar-refractivity contribution < 1.29 is 9.90 Å². The molecule has 2 aromatic carbocycles. The minimum atomic E-state index is -0.605. The fourth-order valence-electron chi connectivity index (χ4n) is 2.48. The Hall–Kier alpha value is -2.66. The average molecular weight is 295 g/mol. The Morgan fingerprint density at radius 1 is 1.27 bits per heavy atom. The number of imidazole rings is 1. The van der Waals surface area contributed by atoms with Crippen molar-refractivity contribution >= 4 is 16.7 Å². The molecule has 5 nitrogen and oxygen atoms in total. The van der Waals surface area contributed by atoms with E-state index in [4.69, 9.17) is 0 Å². The van der Waals surface area contributed by atoms with E-state index in [-0.39, 0.29) is 5.91 Å². The van der Waals surface area contributed by atoms with Crippen LogP contribution in [0.2, 0.25) is 0 Å². The number of carbonyl (C=O) groups is 1. The molecule has 0 fully saturated rings. The molecule has 0 aliphatic heterocycles. The third-order valence-electron chi connectivity index (χ3n) is 3.70. The molecule has 3 aromatic rings. The van der Waals surface area contributed by atoms with Crippen LogP contribution in [0.25, 0.3) is 10.8 Å². The molecule has 1 amide bonds. The van der Waals surface area contributed by atoms with Crippen LogP contribution in [0.4, 0.5) is 0 Å². The lowest BCUT2D eigenvalue weighted by atomic mass is 9.99. The topological polar surface area (TPSA) is 78.0 Å². The number of aliphatic hydroxyl groups is 1. The number of carbonyl (C=O) groups excluding carboxylic acids is 1. The van der Waals surface area contributed by atoms with Gasteiger partial charge in [-0.25, -0.2) is 4.98 Å². The number of hydrogen-bond acceptors (Lipinski definition) is 3. The largest absolute Gasteiger partial charge is 0.388 e. The highest BCUT2D eigenvalue weighted by Gasteiger charge is 2.11. The number of hydrogen-bond donors (Lipinski definition) is 3. The molecule has 0 aliphatic carbocycles. The molecule has 1 aromatic heterocycles. The van der Waals surface area contributed by atoms with Gasteiger partial charge in [-0.3, -0.25) is 4.79 Å². The Labute approximate surface area is 128 Å². The fourth-order valence-corrected chi connectivity index (χ4v) is 2.48. The number of amides is 1. The van der Waals surface area contributed by atoms with Gasteiger partial charge in [0, 0.05) is 25.2 Å². The zero-order valence-corrected chi connectivity index (χ0v) is 12.2. The van der Waals surface area contributed by atoms with Gasteiger partial charge in [0.05, 0.1) is 18.1 Å². The zero-order chi connectivity index (χ0) is 15.5. The molecular weight excluding hydrogens is 278 g/mol. The van der Waals surface area contributed by atoms with Crippen LogP contribution in [0.15, 0.2) is 48.9 Å². The van der Waals surface area contributed by atoms with E-state index < -0.39 is 6.10 Å². The fraction of sp³-hybridized carbons (Fsp3) is 0.176. The van der Waals surface area contributed by atoms with Crippen molar-refractivity contribution in [3.8, 4) is 0 Å². The van der Waals surface area contributed by atoms with Crippen molar-refractivity contribution in [1.82, 2.24) is 15.3 Å². The molecule has 3 rings (SSSR count). The van der Waals surface area contributed by atoms with Gasteiger partial charge in [0.15, 0.2) is 0 Å². The molecule has 0 saturated heterocycles. The molecule has 0 saturated carbocycles. The Kier molecular flexibility index (Phi) is 3.89. The van der Waals surface area contributed by atoms with Gasteiger partial charge >= 0.3 is 0 Å². The highest BCUT2D eigenvalue weighted by Crippen LogP contribution is 2.23. The van der Waals surface area contributed by atoms with E-state index in [1.165, 1.54) is 0 Å². The van der Waals surface area contributed by atoms with Crippen molar-refractivity contribution in [3.63, 3.8) is 0 Å². The maximum absolute atomic E-state index is 11.6. The first-order valence-electron chi connectivity index (χ1n) is 7.09. The second kappa shape index (κ2) is 5.99. The number of H-pyrrole nitrogens is 1. The van der Waals surface area contributed by atoms with Crippen LogP contribution in [0.5, 0.6) is 0 Å². The molecule has 1 atom stereocenters. The van der Waals surface area contributed by atoms with Gasteiger partial charge in [-0.2, -0.15) is 0 Å². The number of nitrogens with one attached hydrogen (secondary N) is 2. The summed E-state index contributed by atoms with van der Waals surface area (Å²) >= 11 is 0. The molecule has 3 N–H and O–H groups in total. The van der Waals surface area contributed by atoms with Crippen LogP contribution in [-0.4, -0.2) is 28.0 Å². The van der Waals surface area contributed by atoms with E-state index in [0.717, 1.165) is 22.0 Å². The first-order chi connectivity index (χ1) is 10.7. The van der Waals surface area contributed by atoms with Crippen LogP contribution in [0.1, 0.15) is 27.7 Å².